The Morgan fingerprint density at radius 3 is 2.71 bits per heavy atom. The molecule has 0 aliphatic carbocycles. The van der Waals surface area contributed by atoms with E-state index in [0.29, 0.717) is 25.1 Å². The lowest BCUT2D eigenvalue weighted by molar-refractivity contribution is -0.385. The molecule has 8 heteroatoms. The number of rotatable bonds is 3. The number of piperidine rings is 1. The largest absolute Gasteiger partial charge is 0.380 e. The highest BCUT2D eigenvalue weighted by Crippen LogP contribution is 2.25. The van der Waals surface area contributed by atoms with Gasteiger partial charge in [-0.2, -0.15) is 0 Å². The zero-order valence-corrected chi connectivity index (χ0v) is 11.3. The highest BCUT2D eigenvalue weighted by molar-refractivity contribution is 5.98. The van der Waals surface area contributed by atoms with E-state index in [9.17, 15) is 23.7 Å². The number of nitrogens with zero attached hydrogens (tertiary/aromatic N) is 2. The van der Waals surface area contributed by atoms with Gasteiger partial charge >= 0.3 is 0 Å². The molecule has 1 aromatic rings. The molecule has 1 saturated heterocycles. The average molecular weight is 300 g/mol. The van der Waals surface area contributed by atoms with Crippen LogP contribution in [0, 0.1) is 21.7 Å². The zero-order valence-electron chi connectivity index (χ0n) is 11.3. The minimum Gasteiger partial charge on any atom is -0.380 e. The lowest BCUT2D eigenvalue weighted by Crippen LogP contribution is -2.43. The van der Waals surface area contributed by atoms with Gasteiger partial charge in [0.05, 0.1) is 17.1 Å². The summed E-state index contributed by atoms with van der Waals surface area (Å²) in [6.07, 6.45) is 1.30. The number of carbonyl (C=O) groups excluding carboxylic acids is 1. The second kappa shape index (κ2) is 6.13. The number of ether oxygens (including phenoxy) is 1. The van der Waals surface area contributed by atoms with Crippen molar-refractivity contribution in [1.82, 2.24) is 4.90 Å². The van der Waals surface area contributed by atoms with Crippen molar-refractivity contribution in [1.29, 1.82) is 0 Å². The molecule has 1 atom stereocenters. The summed E-state index contributed by atoms with van der Waals surface area (Å²) in [5, 5.41) is 10.9. The van der Waals surface area contributed by atoms with E-state index in [1.54, 1.807) is 0 Å². The first-order valence-corrected chi connectivity index (χ1v) is 6.39. The third kappa shape index (κ3) is 3.15. The fourth-order valence-corrected chi connectivity index (χ4v) is 2.34. The fraction of sp³-hybridized carbons (Fsp3) is 0.462. The van der Waals surface area contributed by atoms with E-state index in [-0.39, 0.29) is 12.6 Å². The fourth-order valence-electron chi connectivity index (χ4n) is 2.34. The minimum atomic E-state index is -1.35. The molecule has 2 rings (SSSR count). The van der Waals surface area contributed by atoms with E-state index in [4.69, 9.17) is 4.74 Å². The summed E-state index contributed by atoms with van der Waals surface area (Å²) in [5.74, 6) is -3.33. The van der Waals surface area contributed by atoms with Crippen LogP contribution in [0.4, 0.5) is 14.5 Å². The lowest BCUT2D eigenvalue weighted by Gasteiger charge is -2.31. The van der Waals surface area contributed by atoms with Crippen LogP contribution in [0.3, 0.4) is 0 Å². The highest BCUT2D eigenvalue weighted by atomic mass is 19.2. The van der Waals surface area contributed by atoms with Crippen molar-refractivity contribution in [3.8, 4) is 0 Å². The molecule has 1 aliphatic rings. The topological polar surface area (TPSA) is 72.7 Å². The number of nitro benzene ring substituents is 1. The molecule has 1 aliphatic heterocycles. The Morgan fingerprint density at radius 2 is 2.10 bits per heavy atom. The third-order valence-corrected chi connectivity index (χ3v) is 3.46. The van der Waals surface area contributed by atoms with Crippen molar-refractivity contribution >= 4 is 11.6 Å². The van der Waals surface area contributed by atoms with E-state index in [0.717, 1.165) is 6.42 Å². The number of benzene rings is 1. The van der Waals surface area contributed by atoms with Crippen LogP contribution in [-0.2, 0) is 4.74 Å². The lowest BCUT2D eigenvalue weighted by atomic mass is 10.1. The van der Waals surface area contributed by atoms with Gasteiger partial charge in [0.2, 0.25) is 0 Å². The maximum atomic E-state index is 13.3. The van der Waals surface area contributed by atoms with E-state index in [2.05, 4.69) is 0 Å². The first kappa shape index (κ1) is 15.3. The number of halogens is 2. The van der Waals surface area contributed by atoms with Crippen LogP contribution in [-0.4, -0.2) is 42.0 Å². The van der Waals surface area contributed by atoms with E-state index in [1.807, 2.05) is 0 Å². The summed E-state index contributed by atoms with van der Waals surface area (Å²) < 4.78 is 31.6. The molecule has 0 spiro atoms. The quantitative estimate of drug-likeness (QED) is 0.633. The number of methoxy groups -OCH3 is 1. The third-order valence-electron chi connectivity index (χ3n) is 3.46. The van der Waals surface area contributed by atoms with E-state index >= 15 is 0 Å². The van der Waals surface area contributed by atoms with Gasteiger partial charge in [-0.25, -0.2) is 8.78 Å². The van der Waals surface area contributed by atoms with Gasteiger partial charge in [-0.15, -0.1) is 0 Å². The highest BCUT2D eigenvalue weighted by Gasteiger charge is 2.30. The van der Waals surface area contributed by atoms with Crippen LogP contribution < -0.4 is 0 Å². The predicted molar refractivity (Wildman–Crippen MR) is 68.9 cm³/mol. The molecule has 0 radical (unpaired) electrons. The van der Waals surface area contributed by atoms with E-state index in [1.165, 1.54) is 12.0 Å². The van der Waals surface area contributed by atoms with Crippen LogP contribution in [0.15, 0.2) is 12.1 Å². The van der Waals surface area contributed by atoms with Crippen LogP contribution in [0.2, 0.25) is 0 Å². The van der Waals surface area contributed by atoms with Crippen LogP contribution in [0.25, 0.3) is 0 Å². The second-order valence-electron chi connectivity index (χ2n) is 4.79. The van der Waals surface area contributed by atoms with Gasteiger partial charge in [-0.05, 0) is 18.9 Å². The smallest absolute Gasteiger partial charge is 0.285 e. The van der Waals surface area contributed by atoms with Gasteiger partial charge in [-0.3, -0.25) is 14.9 Å². The second-order valence-corrected chi connectivity index (χ2v) is 4.79. The van der Waals surface area contributed by atoms with Gasteiger partial charge < -0.3 is 9.64 Å². The molecule has 114 valence electrons. The molecule has 1 unspecified atom stereocenters. The van der Waals surface area contributed by atoms with Gasteiger partial charge in [-0.1, -0.05) is 0 Å². The standard InChI is InChI=1S/C13H14F2N2O4/c1-21-8-3-2-4-16(7-8)13(18)9-5-10(14)11(15)6-12(9)17(19)20/h5-6,8H,2-4,7H2,1H3. The summed E-state index contributed by atoms with van der Waals surface area (Å²) in [7, 11) is 1.51. The summed E-state index contributed by atoms with van der Waals surface area (Å²) in [4.78, 5) is 23.7. The Bertz CT molecular complexity index is 580. The van der Waals surface area contributed by atoms with Crippen LogP contribution >= 0.6 is 0 Å². The Hall–Kier alpha value is -2.09. The Balaban J connectivity index is 2.34. The summed E-state index contributed by atoms with van der Waals surface area (Å²) >= 11 is 0. The molecule has 0 saturated carbocycles. The Morgan fingerprint density at radius 1 is 1.43 bits per heavy atom. The van der Waals surface area contributed by atoms with Crippen molar-refractivity contribution in [2.75, 3.05) is 20.2 Å². The molecule has 0 bridgehead atoms. The summed E-state index contributed by atoms with van der Waals surface area (Å²) in [6, 6.07) is 1.01. The average Bonchev–Trinajstić information content (AvgIpc) is 2.48. The molecule has 1 fully saturated rings. The van der Waals surface area contributed by atoms with Gasteiger partial charge in [0.1, 0.15) is 5.56 Å². The SMILES string of the molecule is COC1CCCN(C(=O)c2cc(F)c(F)cc2[N+](=O)[O-])C1. The van der Waals surface area contributed by atoms with Crippen molar-refractivity contribution in [2.45, 2.75) is 18.9 Å². The predicted octanol–water partition coefficient (Wildman–Crippen LogP) is 2.12. The summed E-state index contributed by atoms with van der Waals surface area (Å²) in [5.41, 5.74) is -1.19. The number of hydrogen-bond acceptors (Lipinski definition) is 4. The van der Waals surface area contributed by atoms with Gasteiger partial charge in [0.15, 0.2) is 11.6 Å². The molecular formula is C13H14F2N2O4. The van der Waals surface area contributed by atoms with Crippen molar-refractivity contribution in [2.24, 2.45) is 0 Å². The maximum Gasteiger partial charge on any atom is 0.285 e. The van der Waals surface area contributed by atoms with Crippen LogP contribution in [0.1, 0.15) is 23.2 Å². The van der Waals surface area contributed by atoms with Gasteiger partial charge in [0, 0.05) is 20.2 Å². The monoisotopic (exact) mass is 300 g/mol. The van der Waals surface area contributed by atoms with E-state index < -0.39 is 33.7 Å². The molecule has 1 amide bonds. The van der Waals surface area contributed by atoms with Crippen molar-refractivity contribution in [3.05, 3.63) is 39.4 Å². The van der Waals surface area contributed by atoms with Crippen LogP contribution in [0.5, 0.6) is 0 Å². The Labute approximate surface area is 119 Å². The minimum absolute atomic E-state index is 0.160. The van der Waals surface area contributed by atoms with Gasteiger partial charge in [0.25, 0.3) is 11.6 Å². The number of amides is 1. The molecule has 1 aromatic carbocycles. The molecular weight excluding hydrogens is 286 g/mol. The molecule has 1 heterocycles. The molecule has 6 nitrogen and oxygen atoms in total. The first-order chi connectivity index (χ1) is 9.93. The normalized spacial score (nSPS) is 18.6. The number of nitro groups is 1. The first-order valence-electron chi connectivity index (χ1n) is 6.39. The van der Waals surface area contributed by atoms with Crippen molar-refractivity contribution < 1.29 is 23.2 Å². The molecule has 0 aromatic heterocycles. The van der Waals surface area contributed by atoms with Crippen molar-refractivity contribution in [3.63, 3.8) is 0 Å². The number of hydrogen-bond donors (Lipinski definition) is 0. The summed E-state index contributed by atoms with van der Waals surface area (Å²) in [6.45, 7) is 0.667. The molecule has 0 N–H and O–H groups in total. The number of carbonyl (C=O) groups is 1. The zero-order chi connectivity index (χ0) is 15.6. The maximum absolute atomic E-state index is 13.3. The molecule has 21 heavy (non-hydrogen) atoms. The Kier molecular flexibility index (Phi) is 4.46. The number of likely N-dealkylation sites (tertiary alicyclic amines) is 1.